The van der Waals surface area contributed by atoms with E-state index in [1.807, 2.05) is 0 Å². The zero-order valence-corrected chi connectivity index (χ0v) is 12.1. The largest absolute Gasteiger partial charge is 0.313 e. The Bertz CT molecular complexity index is 146. The van der Waals surface area contributed by atoms with Crippen LogP contribution in [-0.2, 0) is 0 Å². The van der Waals surface area contributed by atoms with E-state index in [9.17, 15) is 0 Å². The lowest BCUT2D eigenvalue weighted by atomic mass is 9.92. The van der Waals surface area contributed by atoms with Gasteiger partial charge in [-0.2, -0.15) is 0 Å². The number of nitrogens with zero attached hydrogens (tertiary/aromatic N) is 1. The maximum Gasteiger partial charge on any atom is 0.0197 e. The van der Waals surface area contributed by atoms with Crippen molar-refractivity contribution in [1.29, 1.82) is 0 Å². The molecule has 2 atom stereocenters. The maximum atomic E-state index is 3.61. The van der Waals surface area contributed by atoms with Gasteiger partial charge in [-0.1, -0.05) is 46.5 Å². The molecule has 0 aliphatic carbocycles. The summed E-state index contributed by atoms with van der Waals surface area (Å²) < 4.78 is 0. The molecule has 0 bridgehead atoms. The molecule has 0 rings (SSSR count). The summed E-state index contributed by atoms with van der Waals surface area (Å²) >= 11 is 0. The van der Waals surface area contributed by atoms with Gasteiger partial charge in [0.2, 0.25) is 0 Å². The highest BCUT2D eigenvalue weighted by molar-refractivity contribution is 4.73. The van der Waals surface area contributed by atoms with Crippen molar-refractivity contribution in [2.45, 2.75) is 58.9 Å². The second kappa shape index (κ2) is 10.1. The van der Waals surface area contributed by atoms with Crippen LogP contribution >= 0.6 is 0 Å². The molecule has 0 amide bonds. The van der Waals surface area contributed by atoms with E-state index in [0.29, 0.717) is 6.04 Å². The molecule has 0 aliphatic rings. The van der Waals surface area contributed by atoms with Gasteiger partial charge in [0.15, 0.2) is 0 Å². The van der Waals surface area contributed by atoms with Gasteiger partial charge in [-0.05, 0) is 33.0 Å². The first kappa shape index (κ1) is 15.9. The van der Waals surface area contributed by atoms with Gasteiger partial charge in [-0.3, -0.25) is 0 Å². The van der Waals surface area contributed by atoms with Crippen LogP contribution in [-0.4, -0.2) is 38.1 Å². The van der Waals surface area contributed by atoms with Crippen LogP contribution in [0, 0.1) is 5.92 Å². The molecule has 0 saturated carbocycles. The van der Waals surface area contributed by atoms with E-state index < -0.39 is 0 Å². The molecular weight excluding hydrogens is 196 g/mol. The molecule has 0 saturated heterocycles. The van der Waals surface area contributed by atoms with Crippen molar-refractivity contribution in [3.8, 4) is 0 Å². The molecule has 0 fully saturated rings. The fourth-order valence-electron chi connectivity index (χ4n) is 2.34. The summed E-state index contributed by atoms with van der Waals surface area (Å²) in [6, 6.07) is 0.668. The summed E-state index contributed by atoms with van der Waals surface area (Å²) in [5.74, 6) is 0.906. The summed E-state index contributed by atoms with van der Waals surface area (Å²) in [5, 5.41) is 3.61. The Morgan fingerprint density at radius 3 is 2.25 bits per heavy atom. The minimum absolute atomic E-state index is 0.668. The molecule has 0 aromatic carbocycles. The Morgan fingerprint density at radius 2 is 1.81 bits per heavy atom. The predicted octanol–water partition coefficient (Wildman–Crippen LogP) is 3.13. The molecule has 0 aliphatic heterocycles. The summed E-state index contributed by atoms with van der Waals surface area (Å²) in [6.07, 6.45) is 6.79. The Morgan fingerprint density at radius 1 is 1.12 bits per heavy atom. The molecule has 2 nitrogen and oxygen atoms in total. The van der Waals surface area contributed by atoms with Crippen LogP contribution in [0.15, 0.2) is 0 Å². The topological polar surface area (TPSA) is 15.3 Å². The second-order valence-corrected chi connectivity index (χ2v) is 5.17. The van der Waals surface area contributed by atoms with Crippen LogP contribution in [0.5, 0.6) is 0 Å². The first-order valence-electron chi connectivity index (χ1n) is 7.02. The summed E-state index contributed by atoms with van der Waals surface area (Å²) in [4.78, 5) is 2.29. The van der Waals surface area contributed by atoms with Crippen LogP contribution in [0.2, 0.25) is 0 Å². The molecule has 16 heavy (non-hydrogen) atoms. The molecular formula is C14H32N2. The van der Waals surface area contributed by atoms with Gasteiger partial charge in [0, 0.05) is 12.6 Å². The monoisotopic (exact) mass is 228 g/mol. The molecule has 0 aromatic heterocycles. The van der Waals surface area contributed by atoms with Crippen LogP contribution in [0.25, 0.3) is 0 Å². The highest BCUT2D eigenvalue weighted by atomic mass is 15.1. The summed E-state index contributed by atoms with van der Waals surface area (Å²) in [5.41, 5.74) is 0. The van der Waals surface area contributed by atoms with Crippen molar-refractivity contribution in [1.82, 2.24) is 10.2 Å². The molecule has 1 N–H and O–H groups in total. The summed E-state index contributed by atoms with van der Waals surface area (Å²) in [6.45, 7) is 9.07. The number of unbranched alkanes of at least 4 members (excludes halogenated alkanes) is 1. The van der Waals surface area contributed by atoms with Crippen molar-refractivity contribution in [2.75, 3.05) is 27.2 Å². The van der Waals surface area contributed by atoms with E-state index in [-0.39, 0.29) is 0 Å². The van der Waals surface area contributed by atoms with E-state index >= 15 is 0 Å². The zero-order valence-electron chi connectivity index (χ0n) is 12.1. The van der Waals surface area contributed by atoms with Crippen molar-refractivity contribution in [3.63, 3.8) is 0 Å². The van der Waals surface area contributed by atoms with Gasteiger partial charge < -0.3 is 10.2 Å². The summed E-state index contributed by atoms with van der Waals surface area (Å²) in [7, 11) is 4.33. The minimum Gasteiger partial charge on any atom is -0.313 e. The van der Waals surface area contributed by atoms with Gasteiger partial charge in [0.05, 0.1) is 0 Å². The van der Waals surface area contributed by atoms with Crippen molar-refractivity contribution in [2.24, 2.45) is 5.92 Å². The highest BCUT2D eigenvalue weighted by Gasteiger charge is 2.14. The van der Waals surface area contributed by atoms with Gasteiger partial charge in [-0.15, -0.1) is 0 Å². The van der Waals surface area contributed by atoms with E-state index in [1.54, 1.807) is 0 Å². The Hall–Kier alpha value is -0.0800. The van der Waals surface area contributed by atoms with Gasteiger partial charge >= 0.3 is 0 Å². The fraction of sp³-hybridized carbons (Fsp3) is 1.00. The first-order chi connectivity index (χ1) is 7.63. The Labute approximate surface area is 103 Å². The average Bonchev–Trinajstić information content (AvgIpc) is 2.23. The van der Waals surface area contributed by atoms with Crippen molar-refractivity contribution >= 4 is 0 Å². The van der Waals surface area contributed by atoms with E-state index in [0.717, 1.165) is 19.0 Å². The Balaban J connectivity index is 4.00. The van der Waals surface area contributed by atoms with Gasteiger partial charge in [0.25, 0.3) is 0 Å². The van der Waals surface area contributed by atoms with Crippen LogP contribution in [0.3, 0.4) is 0 Å². The lowest BCUT2D eigenvalue weighted by Crippen LogP contribution is -2.39. The number of likely N-dealkylation sites (N-methyl/N-ethyl adjacent to an activating group) is 2. The smallest absolute Gasteiger partial charge is 0.0197 e. The minimum atomic E-state index is 0.668. The molecule has 98 valence electrons. The third-order valence-electron chi connectivity index (χ3n) is 3.24. The predicted molar refractivity (Wildman–Crippen MR) is 73.9 cm³/mol. The Kier molecular flexibility index (Phi) is 10.0. The lowest BCUT2D eigenvalue weighted by Gasteiger charge is -2.26. The highest BCUT2D eigenvalue weighted by Crippen LogP contribution is 2.18. The van der Waals surface area contributed by atoms with E-state index in [1.165, 1.54) is 32.1 Å². The molecule has 2 heteroatoms. The second-order valence-electron chi connectivity index (χ2n) is 5.17. The quantitative estimate of drug-likeness (QED) is 0.618. The number of nitrogens with one attached hydrogen (secondary N) is 1. The lowest BCUT2D eigenvalue weighted by molar-refractivity contribution is 0.285. The van der Waals surface area contributed by atoms with E-state index in [4.69, 9.17) is 0 Å². The van der Waals surface area contributed by atoms with Gasteiger partial charge in [-0.25, -0.2) is 0 Å². The number of rotatable bonds is 10. The fourth-order valence-corrected chi connectivity index (χ4v) is 2.34. The van der Waals surface area contributed by atoms with Crippen molar-refractivity contribution in [3.05, 3.63) is 0 Å². The third-order valence-corrected chi connectivity index (χ3v) is 3.24. The normalized spacial score (nSPS) is 15.4. The molecule has 0 radical (unpaired) electrons. The van der Waals surface area contributed by atoms with Gasteiger partial charge in [0.1, 0.15) is 0 Å². The third kappa shape index (κ3) is 8.12. The molecule has 0 aromatic rings. The number of hydrogen-bond acceptors (Lipinski definition) is 2. The standard InChI is InChI=1S/C14H32N2/c1-6-9-10-13(7-2)11-14(15-8-3)12-16(4)5/h13-15H,6-12H2,1-5H3. The number of hydrogen-bond donors (Lipinski definition) is 1. The zero-order chi connectivity index (χ0) is 12.4. The average molecular weight is 228 g/mol. The van der Waals surface area contributed by atoms with E-state index in [2.05, 4.69) is 45.1 Å². The van der Waals surface area contributed by atoms with Crippen LogP contribution in [0.1, 0.15) is 52.9 Å². The molecule has 0 heterocycles. The molecule has 2 unspecified atom stereocenters. The molecule has 0 spiro atoms. The SMILES string of the molecule is CCCCC(CC)CC(CN(C)C)NCC. The first-order valence-corrected chi connectivity index (χ1v) is 7.02. The van der Waals surface area contributed by atoms with Crippen molar-refractivity contribution < 1.29 is 0 Å². The van der Waals surface area contributed by atoms with Crippen LogP contribution < -0.4 is 5.32 Å². The maximum absolute atomic E-state index is 3.61. The van der Waals surface area contributed by atoms with Crippen LogP contribution in [0.4, 0.5) is 0 Å².